The minimum atomic E-state index is -0.0867. The minimum absolute atomic E-state index is 0.0834. The maximum absolute atomic E-state index is 12.2. The second kappa shape index (κ2) is 6.71. The molecule has 6 rings (SSSR count). The Hall–Kier alpha value is -4.07. The van der Waals surface area contributed by atoms with Crippen molar-refractivity contribution in [3.63, 3.8) is 0 Å². The molecule has 0 atom stereocenters. The van der Waals surface area contributed by atoms with Crippen molar-refractivity contribution in [1.82, 2.24) is 34.0 Å². The third kappa shape index (κ3) is 2.80. The number of imidazole rings is 1. The van der Waals surface area contributed by atoms with Crippen molar-refractivity contribution < 1.29 is 4.79 Å². The van der Waals surface area contributed by atoms with E-state index in [-0.39, 0.29) is 11.3 Å². The van der Waals surface area contributed by atoms with Crippen molar-refractivity contribution >= 4 is 22.6 Å². The fraction of sp³-hybridized carbons (Fsp3) is 0.208. The number of benzene rings is 1. The van der Waals surface area contributed by atoms with Crippen molar-refractivity contribution in [3.8, 4) is 5.69 Å². The van der Waals surface area contributed by atoms with Crippen LogP contribution in [0.1, 0.15) is 34.5 Å². The highest BCUT2D eigenvalue weighted by Crippen LogP contribution is 2.53. The fourth-order valence-electron chi connectivity index (χ4n) is 4.36. The highest BCUT2D eigenvalue weighted by Gasteiger charge is 2.48. The van der Waals surface area contributed by atoms with E-state index in [1.165, 1.54) is 10.5 Å². The van der Waals surface area contributed by atoms with E-state index in [0.717, 1.165) is 35.1 Å². The topological polar surface area (TPSA) is 81.2 Å². The molecule has 0 saturated heterocycles. The number of amides is 1. The van der Waals surface area contributed by atoms with Crippen LogP contribution in [-0.4, -0.2) is 54.0 Å². The molecule has 8 heteroatoms. The quantitative estimate of drug-likeness (QED) is 0.443. The van der Waals surface area contributed by atoms with E-state index in [4.69, 9.17) is 0 Å². The molecule has 32 heavy (non-hydrogen) atoms. The number of hydrogen-bond donors (Lipinski definition) is 0. The molecule has 0 bridgehead atoms. The van der Waals surface area contributed by atoms with Crippen LogP contribution in [0.25, 0.3) is 22.4 Å². The molecule has 0 unspecified atom stereocenters. The maximum atomic E-state index is 12.2. The lowest BCUT2D eigenvalue weighted by molar-refractivity contribution is 0.0827. The smallest absolute Gasteiger partial charge is 0.256 e. The lowest BCUT2D eigenvalue weighted by Gasteiger charge is -2.16. The predicted octanol–water partition coefficient (Wildman–Crippen LogP) is 3.24. The first-order chi connectivity index (χ1) is 15.5. The van der Waals surface area contributed by atoms with Crippen LogP contribution >= 0.6 is 0 Å². The van der Waals surface area contributed by atoms with E-state index in [1.807, 2.05) is 29.1 Å². The molecule has 158 valence electrons. The third-order valence-corrected chi connectivity index (χ3v) is 6.25. The number of rotatable bonds is 4. The van der Waals surface area contributed by atoms with Crippen LogP contribution in [0, 0.1) is 0 Å². The largest absolute Gasteiger partial charge is 0.345 e. The van der Waals surface area contributed by atoms with Crippen LogP contribution in [0.2, 0.25) is 0 Å². The molecule has 1 saturated carbocycles. The molecule has 1 aliphatic rings. The molecule has 8 nitrogen and oxygen atoms in total. The molecular formula is C24H21N7O. The molecular weight excluding hydrogens is 402 g/mol. The fourth-order valence-corrected chi connectivity index (χ4v) is 4.36. The van der Waals surface area contributed by atoms with E-state index in [1.54, 1.807) is 37.4 Å². The highest BCUT2D eigenvalue weighted by molar-refractivity contribution is 5.93. The zero-order valence-electron chi connectivity index (χ0n) is 17.8. The van der Waals surface area contributed by atoms with Crippen molar-refractivity contribution in [2.45, 2.75) is 18.3 Å². The van der Waals surface area contributed by atoms with Gasteiger partial charge in [-0.05, 0) is 36.6 Å². The highest BCUT2D eigenvalue weighted by atomic mass is 16.2. The zero-order chi connectivity index (χ0) is 21.9. The van der Waals surface area contributed by atoms with Crippen LogP contribution < -0.4 is 0 Å². The molecule has 1 aromatic carbocycles. The summed E-state index contributed by atoms with van der Waals surface area (Å²) in [5.74, 6) is 0.561. The average Bonchev–Trinajstić information content (AvgIpc) is 3.27. The number of carbonyl (C=O) groups is 1. The summed E-state index contributed by atoms with van der Waals surface area (Å²) in [6.45, 7) is 0. The maximum Gasteiger partial charge on any atom is 0.256 e. The summed E-state index contributed by atoms with van der Waals surface area (Å²) in [6, 6.07) is 10.6. The van der Waals surface area contributed by atoms with Crippen molar-refractivity contribution in [2.24, 2.45) is 0 Å². The molecule has 1 aliphatic carbocycles. The first kappa shape index (κ1) is 18.7. The summed E-state index contributed by atoms with van der Waals surface area (Å²) >= 11 is 0. The second-order valence-corrected chi connectivity index (χ2v) is 8.49. The molecule has 0 spiro atoms. The second-order valence-electron chi connectivity index (χ2n) is 8.49. The van der Waals surface area contributed by atoms with Gasteiger partial charge in [0.15, 0.2) is 0 Å². The number of carbonyl (C=O) groups excluding carboxylic acids is 1. The summed E-state index contributed by atoms with van der Waals surface area (Å²) in [6.07, 6.45) is 12.9. The average molecular weight is 423 g/mol. The Balaban J connectivity index is 1.43. The van der Waals surface area contributed by atoms with Gasteiger partial charge in [-0.2, -0.15) is 5.10 Å². The van der Waals surface area contributed by atoms with E-state index in [0.29, 0.717) is 11.3 Å². The number of hydrogen-bond acceptors (Lipinski definition) is 5. The molecule has 4 aromatic heterocycles. The Morgan fingerprint density at radius 2 is 1.88 bits per heavy atom. The van der Waals surface area contributed by atoms with Crippen LogP contribution in [0.5, 0.6) is 0 Å². The van der Waals surface area contributed by atoms with Gasteiger partial charge in [0.25, 0.3) is 5.91 Å². The Labute approximate surface area is 184 Å². The molecule has 0 N–H and O–H groups in total. The minimum Gasteiger partial charge on any atom is -0.345 e. The predicted molar refractivity (Wildman–Crippen MR) is 120 cm³/mol. The van der Waals surface area contributed by atoms with Gasteiger partial charge >= 0.3 is 0 Å². The van der Waals surface area contributed by atoms with Crippen LogP contribution in [-0.2, 0) is 5.41 Å². The summed E-state index contributed by atoms with van der Waals surface area (Å²) in [7, 11) is 3.45. The Bertz CT molecular complexity index is 1490. The third-order valence-electron chi connectivity index (χ3n) is 6.25. The Kier molecular flexibility index (Phi) is 3.92. The first-order valence-electron chi connectivity index (χ1n) is 10.5. The summed E-state index contributed by atoms with van der Waals surface area (Å²) in [5, 5.41) is 5.51. The van der Waals surface area contributed by atoms with Gasteiger partial charge in [-0.25, -0.2) is 14.6 Å². The standard InChI is InChI=1S/C24H21N7O/c1-29(2)22(32)17-11-28-31(14-17)19-12-26-23-27-13-21(30(23)15-19)24(7-8-24)18-5-6-20-16(10-18)4-3-9-25-20/h3-6,9-15H,7-8H2,1-2H3. The number of pyridine rings is 1. The summed E-state index contributed by atoms with van der Waals surface area (Å²) in [4.78, 5) is 27.3. The van der Waals surface area contributed by atoms with Gasteiger partial charge in [0.2, 0.25) is 5.78 Å². The van der Waals surface area contributed by atoms with Crippen LogP contribution in [0.3, 0.4) is 0 Å². The molecule has 5 aromatic rings. The first-order valence-corrected chi connectivity index (χ1v) is 10.5. The molecule has 1 amide bonds. The van der Waals surface area contributed by atoms with Crippen LogP contribution in [0.4, 0.5) is 0 Å². The molecule has 0 radical (unpaired) electrons. The SMILES string of the molecule is CN(C)C(=O)c1cnn(-c2cnc3ncc(C4(c5ccc6ncccc6c5)CC4)n3c2)c1. The lowest BCUT2D eigenvalue weighted by atomic mass is 9.91. The van der Waals surface area contributed by atoms with Gasteiger partial charge in [-0.1, -0.05) is 12.1 Å². The van der Waals surface area contributed by atoms with Gasteiger partial charge in [0, 0.05) is 43.5 Å². The number of fused-ring (bicyclic) bond motifs is 2. The van der Waals surface area contributed by atoms with E-state index in [2.05, 4.69) is 44.3 Å². The number of nitrogens with zero attached hydrogens (tertiary/aromatic N) is 7. The normalized spacial score (nSPS) is 14.7. The lowest BCUT2D eigenvalue weighted by Crippen LogP contribution is -2.21. The van der Waals surface area contributed by atoms with Crippen molar-refractivity contribution in [2.75, 3.05) is 14.1 Å². The van der Waals surface area contributed by atoms with E-state index < -0.39 is 0 Å². The Morgan fingerprint density at radius 3 is 2.69 bits per heavy atom. The van der Waals surface area contributed by atoms with E-state index in [9.17, 15) is 4.79 Å². The van der Waals surface area contributed by atoms with Gasteiger partial charge in [-0.3, -0.25) is 14.2 Å². The van der Waals surface area contributed by atoms with Gasteiger partial charge in [0.05, 0.1) is 41.1 Å². The monoisotopic (exact) mass is 423 g/mol. The van der Waals surface area contributed by atoms with Crippen molar-refractivity contribution in [1.29, 1.82) is 0 Å². The molecule has 0 aliphatic heterocycles. The van der Waals surface area contributed by atoms with Gasteiger partial charge in [-0.15, -0.1) is 0 Å². The molecule has 1 fully saturated rings. The Morgan fingerprint density at radius 1 is 1.03 bits per heavy atom. The molecule has 4 heterocycles. The summed E-state index contributed by atoms with van der Waals surface area (Å²) < 4.78 is 3.72. The number of aromatic nitrogens is 6. The van der Waals surface area contributed by atoms with Crippen LogP contribution in [0.15, 0.2) is 67.5 Å². The van der Waals surface area contributed by atoms with Gasteiger partial charge < -0.3 is 4.90 Å². The van der Waals surface area contributed by atoms with Crippen molar-refractivity contribution in [3.05, 3.63) is 84.3 Å². The summed E-state index contributed by atoms with van der Waals surface area (Å²) in [5.41, 5.74) is 4.60. The van der Waals surface area contributed by atoms with Gasteiger partial charge in [0.1, 0.15) is 0 Å². The zero-order valence-corrected chi connectivity index (χ0v) is 17.8. The van der Waals surface area contributed by atoms with E-state index >= 15 is 0 Å².